The zero-order chi connectivity index (χ0) is 14.9. The summed E-state index contributed by atoms with van der Waals surface area (Å²) in [5.41, 5.74) is 0.679. The standard InChI is InChI=1S/C13H17BrN2O3S/c1-10-4-5-11(14)8-12(10)20(18,19)16-7-3-6-15(2)13(17)9-16/h4-5,8H,3,6-7,9H2,1-2H3. The van der Waals surface area contributed by atoms with Crippen LogP contribution in [0.2, 0.25) is 0 Å². The van der Waals surface area contributed by atoms with E-state index in [1.165, 1.54) is 4.31 Å². The molecule has 0 saturated carbocycles. The number of nitrogens with zero attached hydrogens (tertiary/aromatic N) is 2. The molecule has 1 aliphatic heterocycles. The molecule has 1 fully saturated rings. The van der Waals surface area contributed by atoms with Crippen LogP contribution in [0.3, 0.4) is 0 Å². The Morgan fingerprint density at radius 3 is 2.65 bits per heavy atom. The van der Waals surface area contributed by atoms with Crippen LogP contribution in [-0.4, -0.2) is 50.2 Å². The van der Waals surface area contributed by atoms with Crippen LogP contribution in [-0.2, 0) is 14.8 Å². The number of amides is 1. The Bertz CT molecular complexity index is 631. The number of likely N-dealkylation sites (N-methyl/N-ethyl adjacent to an activating group) is 1. The third kappa shape index (κ3) is 3.05. The van der Waals surface area contributed by atoms with Crippen molar-refractivity contribution in [2.45, 2.75) is 18.2 Å². The van der Waals surface area contributed by atoms with E-state index in [-0.39, 0.29) is 17.3 Å². The van der Waals surface area contributed by atoms with Crippen LogP contribution in [0.4, 0.5) is 0 Å². The van der Waals surface area contributed by atoms with E-state index in [1.54, 1.807) is 37.1 Å². The van der Waals surface area contributed by atoms with Crippen molar-refractivity contribution in [2.75, 3.05) is 26.7 Å². The van der Waals surface area contributed by atoms with Crippen LogP contribution in [0.1, 0.15) is 12.0 Å². The number of hydrogen-bond acceptors (Lipinski definition) is 3. The number of benzene rings is 1. The molecule has 1 aliphatic rings. The number of halogens is 1. The molecule has 7 heteroatoms. The number of carbonyl (C=O) groups excluding carboxylic acids is 1. The third-order valence-corrected chi connectivity index (χ3v) is 5.89. The second kappa shape index (κ2) is 5.83. The minimum absolute atomic E-state index is 0.0925. The fourth-order valence-electron chi connectivity index (χ4n) is 2.16. The van der Waals surface area contributed by atoms with Gasteiger partial charge in [0.05, 0.1) is 11.4 Å². The summed E-state index contributed by atoms with van der Waals surface area (Å²) in [6.07, 6.45) is 0.647. The van der Waals surface area contributed by atoms with E-state index in [4.69, 9.17) is 0 Å². The van der Waals surface area contributed by atoms with Gasteiger partial charge in [-0.25, -0.2) is 8.42 Å². The largest absolute Gasteiger partial charge is 0.345 e. The molecule has 20 heavy (non-hydrogen) atoms. The zero-order valence-corrected chi connectivity index (χ0v) is 13.9. The highest BCUT2D eigenvalue weighted by molar-refractivity contribution is 9.10. The summed E-state index contributed by atoms with van der Waals surface area (Å²) in [6.45, 7) is 2.61. The second-order valence-electron chi connectivity index (χ2n) is 4.92. The summed E-state index contributed by atoms with van der Waals surface area (Å²) in [5.74, 6) is -0.168. The molecule has 5 nitrogen and oxygen atoms in total. The lowest BCUT2D eigenvalue weighted by molar-refractivity contribution is -0.129. The first-order valence-corrected chi connectivity index (χ1v) is 8.56. The van der Waals surface area contributed by atoms with Gasteiger partial charge in [-0.05, 0) is 31.0 Å². The fourth-order valence-corrected chi connectivity index (χ4v) is 4.35. The number of rotatable bonds is 2. The molecule has 1 saturated heterocycles. The van der Waals surface area contributed by atoms with Gasteiger partial charge in [0, 0.05) is 24.6 Å². The molecule has 0 unspecified atom stereocenters. The van der Waals surface area contributed by atoms with Gasteiger partial charge in [-0.1, -0.05) is 22.0 Å². The van der Waals surface area contributed by atoms with Crippen LogP contribution < -0.4 is 0 Å². The minimum atomic E-state index is -3.64. The van der Waals surface area contributed by atoms with Crippen molar-refractivity contribution in [3.63, 3.8) is 0 Å². The normalized spacial score (nSPS) is 18.1. The van der Waals surface area contributed by atoms with Crippen molar-refractivity contribution in [3.05, 3.63) is 28.2 Å². The fraction of sp³-hybridized carbons (Fsp3) is 0.462. The average Bonchev–Trinajstić information content (AvgIpc) is 2.55. The van der Waals surface area contributed by atoms with Gasteiger partial charge in [-0.2, -0.15) is 4.31 Å². The molecule has 1 aromatic carbocycles. The first kappa shape index (κ1) is 15.5. The van der Waals surface area contributed by atoms with Gasteiger partial charge in [-0.3, -0.25) is 4.79 Å². The molecular weight excluding hydrogens is 344 g/mol. The summed E-state index contributed by atoms with van der Waals surface area (Å²) in [6, 6.07) is 5.14. The number of carbonyl (C=O) groups is 1. The molecule has 110 valence electrons. The Balaban J connectivity index is 2.39. The summed E-state index contributed by atoms with van der Waals surface area (Å²) in [7, 11) is -1.94. The Morgan fingerprint density at radius 2 is 1.95 bits per heavy atom. The predicted molar refractivity (Wildman–Crippen MR) is 79.9 cm³/mol. The Morgan fingerprint density at radius 1 is 1.25 bits per heavy atom. The maximum Gasteiger partial charge on any atom is 0.243 e. The number of hydrogen-bond donors (Lipinski definition) is 0. The molecule has 0 aliphatic carbocycles. The van der Waals surface area contributed by atoms with E-state index in [0.29, 0.717) is 29.5 Å². The van der Waals surface area contributed by atoms with Crippen LogP contribution in [0.5, 0.6) is 0 Å². The average molecular weight is 361 g/mol. The highest BCUT2D eigenvalue weighted by Gasteiger charge is 2.30. The van der Waals surface area contributed by atoms with E-state index >= 15 is 0 Å². The van der Waals surface area contributed by atoms with E-state index in [9.17, 15) is 13.2 Å². The van der Waals surface area contributed by atoms with Crippen molar-refractivity contribution in [1.82, 2.24) is 9.21 Å². The highest BCUT2D eigenvalue weighted by Crippen LogP contribution is 2.24. The Labute approximate surface area is 127 Å². The van der Waals surface area contributed by atoms with Crippen LogP contribution in [0, 0.1) is 6.92 Å². The molecule has 0 aromatic heterocycles. The lowest BCUT2D eigenvalue weighted by Crippen LogP contribution is -2.38. The van der Waals surface area contributed by atoms with Crippen LogP contribution >= 0.6 is 15.9 Å². The lowest BCUT2D eigenvalue weighted by atomic mass is 10.2. The summed E-state index contributed by atoms with van der Waals surface area (Å²) in [4.78, 5) is 13.7. The van der Waals surface area contributed by atoms with Gasteiger partial charge >= 0.3 is 0 Å². The maximum absolute atomic E-state index is 12.7. The van der Waals surface area contributed by atoms with E-state index < -0.39 is 10.0 Å². The van der Waals surface area contributed by atoms with E-state index in [1.807, 2.05) is 0 Å². The SMILES string of the molecule is Cc1ccc(Br)cc1S(=O)(=O)N1CCCN(C)C(=O)C1. The Hall–Kier alpha value is -0.920. The summed E-state index contributed by atoms with van der Waals surface area (Å²) in [5, 5.41) is 0. The van der Waals surface area contributed by atoms with Gasteiger partial charge < -0.3 is 4.90 Å². The topological polar surface area (TPSA) is 57.7 Å². The van der Waals surface area contributed by atoms with Crippen LogP contribution in [0.15, 0.2) is 27.6 Å². The second-order valence-corrected chi connectivity index (χ2v) is 7.74. The van der Waals surface area contributed by atoms with Crippen molar-refractivity contribution < 1.29 is 13.2 Å². The van der Waals surface area contributed by atoms with Crippen LogP contribution in [0.25, 0.3) is 0 Å². The molecule has 1 amide bonds. The Kier molecular flexibility index (Phi) is 4.51. The van der Waals surface area contributed by atoms with Crippen molar-refractivity contribution in [1.29, 1.82) is 0 Å². The monoisotopic (exact) mass is 360 g/mol. The predicted octanol–water partition coefficient (Wildman–Crippen LogP) is 1.61. The first-order chi connectivity index (χ1) is 9.32. The van der Waals surface area contributed by atoms with E-state index in [2.05, 4.69) is 15.9 Å². The van der Waals surface area contributed by atoms with Gasteiger partial charge in [0.15, 0.2) is 0 Å². The minimum Gasteiger partial charge on any atom is -0.345 e. The summed E-state index contributed by atoms with van der Waals surface area (Å²) < 4.78 is 27.4. The molecule has 2 rings (SSSR count). The molecule has 1 heterocycles. The molecule has 0 N–H and O–H groups in total. The van der Waals surface area contributed by atoms with Crippen molar-refractivity contribution >= 4 is 31.9 Å². The first-order valence-electron chi connectivity index (χ1n) is 6.32. The molecule has 1 aromatic rings. The van der Waals surface area contributed by atoms with Gasteiger partial charge in [0.1, 0.15) is 0 Å². The lowest BCUT2D eigenvalue weighted by Gasteiger charge is -2.20. The third-order valence-electron chi connectivity index (χ3n) is 3.41. The highest BCUT2D eigenvalue weighted by atomic mass is 79.9. The smallest absolute Gasteiger partial charge is 0.243 e. The van der Waals surface area contributed by atoms with Gasteiger partial charge in [0.2, 0.25) is 15.9 Å². The van der Waals surface area contributed by atoms with Gasteiger partial charge in [-0.15, -0.1) is 0 Å². The van der Waals surface area contributed by atoms with Crippen molar-refractivity contribution in [3.8, 4) is 0 Å². The zero-order valence-electron chi connectivity index (χ0n) is 11.5. The maximum atomic E-state index is 12.7. The number of sulfonamides is 1. The summed E-state index contributed by atoms with van der Waals surface area (Å²) >= 11 is 3.29. The quantitative estimate of drug-likeness (QED) is 0.804. The van der Waals surface area contributed by atoms with E-state index in [0.717, 1.165) is 0 Å². The van der Waals surface area contributed by atoms with Crippen molar-refractivity contribution in [2.24, 2.45) is 0 Å². The molecule has 0 bridgehead atoms. The molecule has 0 radical (unpaired) electrons. The molecule has 0 atom stereocenters. The van der Waals surface area contributed by atoms with Gasteiger partial charge in [0.25, 0.3) is 0 Å². The molecular formula is C13H17BrN2O3S. The molecule has 0 spiro atoms. The number of aryl methyl sites for hydroxylation is 1.